The summed E-state index contributed by atoms with van der Waals surface area (Å²) < 4.78 is 12.2. The minimum absolute atomic E-state index is 0.233. The number of hydrogen-bond donors (Lipinski definition) is 0. The van der Waals surface area contributed by atoms with E-state index < -0.39 is 5.56 Å². The molecule has 0 amide bonds. The van der Waals surface area contributed by atoms with Gasteiger partial charge in [-0.15, -0.1) is 0 Å². The van der Waals surface area contributed by atoms with Crippen LogP contribution in [0.2, 0.25) is 0 Å². The Morgan fingerprint density at radius 3 is 2.59 bits per heavy atom. The molecule has 0 spiro atoms. The number of fused-ring (bicyclic) bond motifs is 1. The number of methoxy groups -OCH3 is 2. The summed E-state index contributed by atoms with van der Waals surface area (Å²) >= 11 is 1.11. The molecule has 0 atom stereocenters. The van der Waals surface area contributed by atoms with E-state index in [4.69, 9.17) is 9.47 Å². The predicted octanol–water partition coefficient (Wildman–Crippen LogP) is 1.67. The zero-order valence-electron chi connectivity index (χ0n) is 15.8. The molecule has 0 aliphatic rings. The first-order valence-electron chi connectivity index (χ1n) is 8.79. The molecule has 0 bridgehead atoms. The van der Waals surface area contributed by atoms with Gasteiger partial charge in [0, 0.05) is 18.1 Å². The van der Waals surface area contributed by atoms with Gasteiger partial charge in [-0.05, 0) is 23.8 Å². The third-order valence-corrected chi connectivity index (χ3v) is 5.35. The number of ether oxygens (including phenoxy) is 2. The zero-order chi connectivity index (χ0) is 20.4. The van der Waals surface area contributed by atoms with Crippen LogP contribution in [0.3, 0.4) is 0 Å². The van der Waals surface area contributed by atoms with Gasteiger partial charge in [0.25, 0.3) is 11.1 Å². The lowest BCUT2D eigenvalue weighted by Crippen LogP contribution is -2.28. The fourth-order valence-corrected chi connectivity index (χ4v) is 3.82. The van der Waals surface area contributed by atoms with Crippen molar-refractivity contribution in [1.29, 1.82) is 0 Å². The van der Waals surface area contributed by atoms with E-state index in [-0.39, 0.29) is 16.2 Å². The molecule has 0 fully saturated rings. The van der Waals surface area contributed by atoms with Crippen LogP contribution in [0.4, 0.5) is 0 Å². The second-order valence-corrected chi connectivity index (χ2v) is 7.25. The van der Waals surface area contributed by atoms with Crippen molar-refractivity contribution in [3.05, 3.63) is 90.6 Å². The average molecular weight is 407 g/mol. The fourth-order valence-electron chi connectivity index (χ4n) is 2.92. The molecule has 8 heteroatoms. The summed E-state index contributed by atoms with van der Waals surface area (Å²) in [5.74, 6) is 1.22. The van der Waals surface area contributed by atoms with Crippen molar-refractivity contribution in [3.8, 4) is 11.5 Å². The molecule has 0 aliphatic heterocycles. The highest BCUT2D eigenvalue weighted by Crippen LogP contribution is 2.25. The Bertz CT molecular complexity index is 1350. The molecule has 2 aromatic heterocycles. The maximum atomic E-state index is 12.8. The predicted molar refractivity (Wildman–Crippen MR) is 111 cm³/mol. The van der Waals surface area contributed by atoms with Crippen LogP contribution in [-0.2, 0) is 6.42 Å². The van der Waals surface area contributed by atoms with E-state index in [1.807, 2.05) is 30.3 Å². The molecule has 0 N–H and O–H groups in total. The number of aromatic nitrogens is 3. The van der Waals surface area contributed by atoms with E-state index in [1.165, 1.54) is 4.52 Å². The zero-order valence-corrected chi connectivity index (χ0v) is 16.6. The van der Waals surface area contributed by atoms with Gasteiger partial charge in [0.15, 0.2) is 0 Å². The molecule has 29 heavy (non-hydrogen) atoms. The number of thiazole rings is 1. The molecule has 2 aromatic carbocycles. The second kappa shape index (κ2) is 7.84. The smallest absolute Gasteiger partial charge is 0.296 e. The van der Waals surface area contributed by atoms with Gasteiger partial charge in [0.1, 0.15) is 17.2 Å². The van der Waals surface area contributed by atoms with Crippen molar-refractivity contribution in [2.45, 2.75) is 6.42 Å². The van der Waals surface area contributed by atoms with Crippen molar-refractivity contribution < 1.29 is 9.47 Å². The molecule has 2 heterocycles. The maximum Gasteiger partial charge on any atom is 0.296 e. The Kier molecular flexibility index (Phi) is 5.09. The summed E-state index contributed by atoms with van der Waals surface area (Å²) in [5.41, 5.74) is 1.12. The largest absolute Gasteiger partial charge is 0.497 e. The van der Waals surface area contributed by atoms with E-state index in [2.05, 4.69) is 10.1 Å². The Morgan fingerprint density at radius 1 is 1.07 bits per heavy atom. The SMILES string of the molecule is COc1ccc(/C=c2/sc3nc(=O)c(Cc4ccccc4)nn3c2=O)c(OC)c1. The lowest BCUT2D eigenvalue weighted by molar-refractivity contribution is 0.393. The maximum absolute atomic E-state index is 12.8. The lowest BCUT2D eigenvalue weighted by Gasteiger charge is -2.06. The third kappa shape index (κ3) is 3.74. The van der Waals surface area contributed by atoms with Gasteiger partial charge in [0.2, 0.25) is 4.96 Å². The fraction of sp³-hybridized carbons (Fsp3) is 0.143. The van der Waals surface area contributed by atoms with Crippen molar-refractivity contribution >= 4 is 22.4 Å². The molecule has 4 aromatic rings. The number of rotatable bonds is 5. The highest BCUT2D eigenvalue weighted by molar-refractivity contribution is 7.15. The van der Waals surface area contributed by atoms with E-state index in [0.717, 1.165) is 16.9 Å². The normalized spacial score (nSPS) is 11.7. The van der Waals surface area contributed by atoms with Crippen LogP contribution in [0.5, 0.6) is 11.5 Å². The van der Waals surface area contributed by atoms with Crippen LogP contribution in [0.25, 0.3) is 11.0 Å². The Labute approximate surface area is 169 Å². The first-order valence-corrected chi connectivity index (χ1v) is 9.61. The van der Waals surface area contributed by atoms with Gasteiger partial charge in [-0.25, -0.2) is 0 Å². The van der Waals surface area contributed by atoms with Gasteiger partial charge >= 0.3 is 0 Å². The summed E-state index contributed by atoms with van der Waals surface area (Å²) in [4.78, 5) is 29.5. The van der Waals surface area contributed by atoms with Crippen LogP contribution in [0, 0.1) is 0 Å². The van der Waals surface area contributed by atoms with E-state index in [9.17, 15) is 9.59 Å². The summed E-state index contributed by atoms with van der Waals surface area (Å²) in [6.07, 6.45) is 2.01. The molecule has 0 saturated heterocycles. The van der Waals surface area contributed by atoms with Gasteiger partial charge in [-0.1, -0.05) is 41.7 Å². The lowest BCUT2D eigenvalue weighted by atomic mass is 10.1. The van der Waals surface area contributed by atoms with Crippen molar-refractivity contribution in [1.82, 2.24) is 14.6 Å². The summed E-state index contributed by atoms with van der Waals surface area (Å²) in [7, 11) is 3.12. The molecule has 0 saturated carbocycles. The Hall–Kier alpha value is -3.52. The highest BCUT2D eigenvalue weighted by Gasteiger charge is 2.12. The average Bonchev–Trinajstić information content (AvgIpc) is 3.04. The Balaban J connectivity index is 1.82. The molecule has 0 aliphatic carbocycles. The standard InChI is InChI=1S/C21H17N3O4S/c1-27-15-9-8-14(17(12-15)28-2)11-18-20(26)24-21(29-18)22-19(25)16(23-24)10-13-6-4-3-5-7-13/h3-9,11-12H,10H2,1-2H3/b18-11+. The van der Waals surface area contributed by atoms with Gasteiger partial charge in [-0.3, -0.25) is 9.59 Å². The van der Waals surface area contributed by atoms with Crippen LogP contribution in [-0.4, -0.2) is 28.8 Å². The van der Waals surface area contributed by atoms with Crippen molar-refractivity contribution in [2.75, 3.05) is 14.2 Å². The van der Waals surface area contributed by atoms with Crippen LogP contribution in [0.15, 0.2) is 58.1 Å². The van der Waals surface area contributed by atoms with Crippen LogP contribution >= 0.6 is 11.3 Å². The molecule has 0 radical (unpaired) electrons. The first-order chi connectivity index (χ1) is 14.1. The Morgan fingerprint density at radius 2 is 1.86 bits per heavy atom. The summed E-state index contributed by atoms with van der Waals surface area (Å²) in [6, 6.07) is 14.8. The molecule has 4 rings (SSSR count). The van der Waals surface area contributed by atoms with Crippen molar-refractivity contribution in [3.63, 3.8) is 0 Å². The number of hydrogen-bond acceptors (Lipinski definition) is 7. The topological polar surface area (TPSA) is 82.8 Å². The third-order valence-electron chi connectivity index (χ3n) is 4.39. The first kappa shape index (κ1) is 18.8. The second-order valence-electron chi connectivity index (χ2n) is 6.24. The number of nitrogens with zero attached hydrogens (tertiary/aromatic N) is 3. The summed E-state index contributed by atoms with van der Waals surface area (Å²) in [6.45, 7) is 0. The quantitative estimate of drug-likeness (QED) is 0.501. The van der Waals surface area contributed by atoms with Crippen LogP contribution < -0.4 is 25.1 Å². The van der Waals surface area contributed by atoms with Gasteiger partial charge < -0.3 is 9.47 Å². The number of benzene rings is 2. The summed E-state index contributed by atoms with van der Waals surface area (Å²) in [5, 5.41) is 4.27. The van der Waals surface area contributed by atoms with Gasteiger partial charge in [0.05, 0.1) is 18.8 Å². The highest BCUT2D eigenvalue weighted by atomic mass is 32.1. The molecule has 7 nitrogen and oxygen atoms in total. The van der Waals surface area contributed by atoms with Gasteiger partial charge in [-0.2, -0.15) is 14.6 Å². The van der Waals surface area contributed by atoms with E-state index in [0.29, 0.717) is 28.0 Å². The molecular weight excluding hydrogens is 390 g/mol. The van der Waals surface area contributed by atoms with Crippen molar-refractivity contribution in [2.24, 2.45) is 0 Å². The van der Waals surface area contributed by atoms with Crippen LogP contribution in [0.1, 0.15) is 16.8 Å². The molecule has 146 valence electrons. The minimum atomic E-state index is -0.427. The monoisotopic (exact) mass is 407 g/mol. The molecule has 0 unspecified atom stereocenters. The van der Waals surface area contributed by atoms with E-state index >= 15 is 0 Å². The van der Waals surface area contributed by atoms with E-state index in [1.54, 1.807) is 38.5 Å². The molecular formula is C21H17N3O4S. The minimum Gasteiger partial charge on any atom is -0.497 e.